The fourth-order valence-corrected chi connectivity index (χ4v) is 2.85. The highest BCUT2D eigenvalue weighted by atomic mass is 16.1. The van der Waals surface area contributed by atoms with E-state index in [0.29, 0.717) is 0 Å². The van der Waals surface area contributed by atoms with Gasteiger partial charge in [0.2, 0.25) is 0 Å². The van der Waals surface area contributed by atoms with Crippen LogP contribution in [0.1, 0.15) is 29.8 Å². The quantitative estimate of drug-likeness (QED) is 0.558. The summed E-state index contributed by atoms with van der Waals surface area (Å²) in [7, 11) is 0. The Kier molecular flexibility index (Phi) is 4.38. The Balaban J connectivity index is 1.91. The van der Waals surface area contributed by atoms with E-state index in [-0.39, 0.29) is 5.78 Å². The van der Waals surface area contributed by atoms with Gasteiger partial charge >= 0.3 is 0 Å². The number of aryl methyl sites for hydroxylation is 1. The smallest absolute Gasteiger partial charge is 0.159 e. The number of rotatable bonds is 4. The lowest BCUT2D eigenvalue weighted by atomic mass is 9.95. The number of hydrogen-bond acceptors (Lipinski definition) is 1. The van der Waals surface area contributed by atoms with Crippen LogP contribution in [0.4, 0.5) is 0 Å². The van der Waals surface area contributed by atoms with Crippen LogP contribution in [0.5, 0.6) is 0 Å². The molecule has 0 saturated heterocycles. The molecule has 114 valence electrons. The van der Waals surface area contributed by atoms with E-state index in [1.54, 1.807) is 6.92 Å². The van der Waals surface area contributed by atoms with E-state index in [9.17, 15) is 4.79 Å². The first-order chi connectivity index (χ1) is 11.2. The molecular formula is C22H20O. The molecule has 0 radical (unpaired) electrons. The van der Waals surface area contributed by atoms with Crippen LogP contribution in [0.2, 0.25) is 0 Å². The molecule has 23 heavy (non-hydrogen) atoms. The van der Waals surface area contributed by atoms with Crippen molar-refractivity contribution < 1.29 is 4.79 Å². The first-order valence-corrected chi connectivity index (χ1v) is 7.98. The largest absolute Gasteiger partial charge is 0.295 e. The molecule has 1 nitrogen and oxygen atoms in total. The van der Waals surface area contributed by atoms with Crippen molar-refractivity contribution in [1.29, 1.82) is 0 Å². The lowest BCUT2D eigenvalue weighted by Gasteiger charge is -2.09. The zero-order valence-corrected chi connectivity index (χ0v) is 13.5. The van der Waals surface area contributed by atoms with Gasteiger partial charge in [0.05, 0.1) is 0 Å². The zero-order valence-electron chi connectivity index (χ0n) is 13.5. The molecule has 0 fully saturated rings. The Labute approximate surface area is 137 Å². The van der Waals surface area contributed by atoms with Crippen LogP contribution in [-0.2, 0) is 6.42 Å². The monoisotopic (exact) mass is 300 g/mol. The topological polar surface area (TPSA) is 17.1 Å². The maximum atomic E-state index is 11.4. The second kappa shape index (κ2) is 6.62. The van der Waals surface area contributed by atoms with E-state index in [0.717, 1.165) is 23.1 Å². The molecule has 0 saturated carbocycles. The minimum Gasteiger partial charge on any atom is -0.295 e. The van der Waals surface area contributed by atoms with Crippen molar-refractivity contribution in [2.75, 3.05) is 0 Å². The van der Waals surface area contributed by atoms with E-state index in [1.165, 1.54) is 16.7 Å². The van der Waals surface area contributed by atoms with Crippen molar-refractivity contribution in [2.24, 2.45) is 0 Å². The highest BCUT2D eigenvalue weighted by Crippen LogP contribution is 2.27. The van der Waals surface area contributed by atoms with Crippen LogP contribution in [0.15, 0.2) is 72.8 Å². The van der Waals surface area contributed by atoms with Gasteiger partial charge in [0.25, 0.3) is 0 Å². The molecule has 3 aromatic rings. The normalized spacial score (nSPS) is 10.5. The number of hydrogen-bond donors (Lipinski definition) is 0. The van der Waals surface area contributed by atoms with Crippen LogP contribution in [0, 0.1) is 0 Å². The Morgan fingerprint density at radius 1 is 0.739 bits per heavy atom. The Hall–Kier alpha value is -2.67. The van der Waals surface area contributed by atoms with Gasteiger partial charge in [-0.2, -0.15) is 0 Å². The van der Waals surface area contributed by atoms with Crippen molar-refractivity contribution in [3.63, 3.8) is 0 Å². The molecule has 0 heterocycles. The van der Waals surface area contributed by atoms with Gasteiger partial charge in [0.15, 0.2) is 5.78 Å². The molecule has 0 aromatic heterocycles. The summed E-state index contributed by atoms with van der Waals surface area (Å²) in [6, 6.07) is 24.9. The van der Waals surface area contributed by atoms with Gasteiger partial charge < -0.3 is 0 Å². The molecule has 3 aromatic carbocycles. The second-order valence-electron chi connectivity index (χ2n) is 5.72. The minimum absolute atomic E-state index is 0.100. The van der Waals surface area contributed by atoms with Crippen LogP contribution >= 0.6 is 0 Å². The van der Waals surface area contributed by atoms with Crippen molar-refractivity contribution in [3.8, 4) is 22.3 Å². The van der Waals surface area contributed by atoms with E-state index < -0.39 is 0 Å². The second-order valence-corrected chi connectivity index (χ2v) is 5.72. The third-order valence-electron chi connectivity index (χ3n) is 4.22. The molecule has 0 unspecified atom stereocenters. The van der Waals surface area contributed by atoms with Crippen LogP contribution < -0.4 is 0 Å². The predicted octanol–water partition coefficient (Wildman–Crippen LogP) is 5.79. The third-order valence-corrected chi connectivity index (χ3v) is 4.22. The van der Waals surface area contributed by atoms with E-state index in [2.05, 4.69) is 55.5 Å². The van der Waals surface area contributed by atoms with Crippen LogP contribution in [0.3, 0.4) is 0 Å². The van der Waals surface area contributed by atoms with Gasteiger partial charge in [-0.25, -0.2) is 0 Å². The lowest BCUT2D eigenvalue weighted by molar-refractivity contribution is 0.101. The number of Topliss-reactive ketones (excluding diaryl/α,β-unsaturated/α-hetero) is 1. The lowest BCUT2D eigenvalue weighted by Crippen LogP contribution is -1.91. The average Bonchev–Trinajstić information content (AvgIpc) is 2.62. The van der Waals surface area contributed by atoms with Gasteiger partial charge in [-0.05, 0) is 41.2 Å². The number of benzene rings is 3. The summed E-state index contributed by atoms with van der Waals surface area (Å²) in [4.78, 5) is 11.4. The molecule has 0 bridgehead atoms. The first kappa shape index (κ1) is 15.2. The van der Waals surface area contributed by atoms with Gasteiger partial charge in [0.1, 0.15) is 0 Å². The Morgan fingerprint density at radius 3 is 1.83 bits per heavy atom. The van der Waals surface area contributed by atoms with Crippen molar-refractivity contribution >= 4 is 5.78 Å². The number of carbonyl (C=O) groups excluding carboxylic acids is 1. The summed E-state index contributed by atoms with van der Waals surface area (Å²) in [5.74, 6) is 0.100. The highest BCUT2D eigenvalue weighted by molar-refractivity contribution is 5.94. The van der Waals surface area contributed by atoms with Crippen LogP contribution in [0.25, 0.3) is 22.3 Å². The summed E-state index contributed by atoms with van der Waals surface area (Å²) in [5.41, 5.74) is 6.96. The molecule has 0 aliphatic rings. The van der Waals surface area contributed by atoms with E-state index in [1.807, 2.05) is 24.3 Å². The molecule has 1 heteroatoms. The molecule has 0 aliphatic heterocycles. The molecular weight excluding hydrogens is 280 g/mol. The molecule has 0 aliphatic carbocycles. The Bertz CT molecular complexity index is 811. The summed E-state index contributed by atoms with van der Waals surface area (Å²) >= 11 is 0. The standard InChI is InChI=1S/C22H20O/c1-3-17-6-4-5-7-22(17)21-14-12-20(13-15-21)19-10-8-18(9-11-19)16(2)23/h4-15H,3H2,1-2H3. The van der Waals surface area contributed by atoms with E-state index >= 15 is 0 Å². The van der Waals surface area contributed by atoms with Gasteiger partial charge in [-0.3, -0.25) is 4.79 Å². The van der Waals surface area contributed by atoms with E-state index in [4.69, 9.17) is 0 Å². The predicted molar refractivity (Wildman–Crippen MR) is 96.7 cm³/mol. The fourth-order valence-electron chi connectivity index (χ4n) is 2.85. The fraction of sp³-hybridized carbons (Fsp3) is 0.136. The molecule has 0 amide bonds. The average molecular weight is 300 g/mol. The maximum Gasteiger partial charge on any atom is 0.159 e. The zero-order chi connectivity index (χ0) is 16.2. The molecule has 0 spiro atoms. The molecule has 0 N–H and O–H groups in total. The molecule has 3 rings (SSSR count). The van der Waals surface area contributed by atoms with Gasteiger partial charge in [-0.1, -0.05) is 79.7 Å². The summed E-state index contributed by atoms with van der Waals surface area (Å²) < 4.78 is 0. The highest BCUT2D eigenvalue weighted by Gasteiger charge is 2.05. The summed E-state index contributed by atoms with van der Waals surface area (Å²) in [6.45, 7) is 3.78. The summed E-state index contributed by atoms with van der Waals surface area (Å²) in [5, 5.41) is 0. The van der Waals surface area contributed by atoms with Crippen molar-refractivity contribution in [1.82, 2.24) is 0 Å². The SMILES string of the molecule is CCc1ccccc1-c1ccc(-c2ccc(C(C)=O)cc2)cc1. The van der Waals surface area contributed by atoms with Gasteiger partial charge in [0, 0.05) is 5.56 Å². The number of ketones is 1. The number of carbonyl (C=O) groups is 1. The van der Waals surface area contributed by atoms with Crippen molar-refractivity contribution in [3.05, 3.63) is 83.9 Å². The summed E-state index contributed by atoms with van der Waals surface area (Å²) in [6.07, 6.45) is 1.03. The minimum atomic E-state index is 0.100. The maximum absolute atomic E-state index is 11.4. The Morgan fingerprint density at radius 2 is 1.26 bits per heavy atom. The van der Waals surface area contributed by atoms with Crippen molar-refractivity contribution in [2.45, 2.75) is 20.3 Å². The first-order valence-electron chi connectivity index (χ1n) is 7.98. The molecule has 0 atom stereocenters. The third kappa shape index (κ3) is 3.24. The van der Waals surface area contributed by atoms with Crippen LogP contribution in [-0.4, -0.2) is 5.78 Å². The van der Waals surface area contributed by atoms with Gasteiger partial charge in [-0.15, -0.1) is 0 Å².